The van der Waals surface area contributed by atoms with Crippen LogP contribution in [0.25, 0.3) is 0 Å². The molecule has 9 fully saturated rings. The maximum Gasteiger partial charge on any atom is 0.187 e. The van der Waals surface area contributed by atoms with Gasteiger partial charge in [-0.05, 0) is 124 Å². The van der Waals surface area contributed by atoms with Gasteiger partial charge in [0.15, 0.2) is 31.5 Å². The molecular weight excluding hydrogens is 1110 g/mol. The van der Waals surface area contributed by atoms with Crippen molar-refractivity contribution in [2.24, 2.45) is 45.3 Å². The van der Waals surface area contributed by atoms with Gasteiger partial charge < -0.3 is 129 Å². The highest BCUT2D eigenvalue weighted by Crippen LogP contribution is 2.76. The van der Waals surface area contributed by atoms with E-state index in [2.05, 4.69) is 40.7 Å². The van der Waals surface area contributed by atoms with Crippen LogP contribution in [0.2, 0.25) is 0 Å². The summed E-state index contributed by atoms with van der Waals surface area (Å²) in [7, 11) is 0. The number of rotatable bonds is 18. The minimum atomic E-state index is -1.83. The van der Waals surface area contributed by atoms with Gasteiger partial charge in [0.05, 0.1) is 50.8 Å². The molecule has 4 saturated carbocycles. The highest BCUT2D eigenvalue weighted by molar-refractivity contribution is 5.21. The van der Waals surface area contributed by atoms with E-state index in [0.29, 0.717) is 38.5 Å². The van der Waals surface area contributed by atoms with Crippen molar-refractivity contribution in [1.29, 1.82) is 0 Å². The van der Waals surface area contributed by atoms with E-state index >= 15 is 0 Å². The first kappa shape index (κ1) is 67.1. The van der Waals surface area contributed by atoms with Crippen LogP contribution in [0, 0.1) is 45.3 Å². The van der Waals surface area contributed by atoms with Crippen LogP contribution in [-0.2, 0) is 47.4 Å². The summed E-state index contributed by atoms with van der Waals surface area (Å²) in [6.45, 7) is 14.1. The fourth-order valence-electron chi connectivity index (χ4n) is 17.2. The Hall–Kier alpha value is -1.30. The predicted molar refractivity (Wildman–Crippen MR) is 287 cm³/mol. The van der Waals surface area contributed by atoms with E-state index < -0.39 is 203 Å². The minimum absolute atomic E-state index is 0.0176. The van der Waals surface area contributed by atoms with Crippen molar-refractivity contribution in [2.75, 3.05) is 33.0 Å². The first-order valence-electron chi connectivity index (χ1n) is 30.2. The second-order valence-corrected chi connectivity index (χ2v) is 27.6. The molecule has 0 unspecified atom stereocenters. The third-order valence-electron chi connectivity index (χ3n) is 22.3. The average Bonchev–Trinajstić information content (AvgIpc) is 1.32. The Kier molecular flexibility index (Phi) is 20.6. The summed E-state index contributed by atoms with van der Waals surface area (Å²) in [5.41, 5.74) is -1.72. The molecular formula is C58H98O26. The SMILES string of the molecule is CC(C)=CCC[C@](C)(O[C@@H]1O[C@H](CO[C@H]2O[C@H](CO)[C@@H](O)[C@@H]2O[C@H]2OC[C@@H](O)[C@H](O)[C@H]2O)[C@@H](O)[C@H](O)[C@H]1O)[C@H]1CC[C@]2(C)[C@@H]1[C@H](O)C[C@@H]1[C@]3(C)CC[C@@H](O[C@@H]4O[C@H](CO)[C@@H](O)[C@H](O)[C@H]4O[C@@H]4O[C@H](CO)[C@@H](O)[C@H](O)[C@H]4O)C(C)(C)[C@H]3CC[C@]12C. The molecule has 0 aromatic carbocycles. The molecule has 5 saturated heterocycles. The van der Waals surface area contributed by atoms with Crippen molar-refractivity contribution in [3.63, 3.8) is 0 Å². The largest absolute Gasteiger partial charge is 0.394 e. The van der Waals surface area contributed by atoms with Gasteiger partial charge in [0.2, 0.25) is 0 Å². The van der Waals surface area contributed by atoms with Gasteiger partial charge >= 0.3 is 0 Å². The van der Waals surface area contributed by atoms with Gasteiger partial charge in [0.1, 0.15) is 110 Å². The van der Waals surface area contributed by atoms with Crippen molar-refractivity contribution in [3.05, 3.63) is 11.6 Å². The van der Waals surface area contributed by atoms with E-state index in [4.69, 9.17) is 47.4 Å². The summed E-state index contributed by atoms with van der Waals surface area (Å²) in [6.07, 6.45) is -29.8. The molecule has 9 aliphatic rings. The predicted octanol–water partition coefficient (Wildman–Crippen LogP) is -3.10. The van der Waals surface area contributed by atoms with Crippen LogP contribution in [-0.4, -0.2) is 274 Å². The molecule has 0 radical (unpaired) electrons. The quantitative estimate of drug-likeness (QED) is 0.0477. The smallest absolute Gasteiger partial charge is 0.187 e. The summed E-state index contributed by atoms with van der Waals surface area (Å²) in [5.74, 6) is -0.565. The van der Waals surface area contributed by atoms with E-state index in [1.807, 2.05) is 20.8 Å². The van der Waals surface area contributed by atoms with Gasteiger partial charge in [-0.15, -0.1) is 0 Å². The molecule has 84 heavy (non-hydrogen) atoms. The first-order chi connectivity index (χ1) is 39.4. The molecule has 16 N–H and O–H groups in total. The van der Waals surface area contributed by atoms with Crippen LogP contribution >= 0.6 is 0 Å². The Morgan fingerprint density at radius 2 is 1.06 bits per heavy atom. The summed E-state index contributed by atoms with van der Waals surface area (Å²) in [5, 5.41) is 174. The fraction of sp³-hybridized carbons (Fsp3) is 0.966. The third-order valence-corrected chi connectivity index (χ3v) is 22.3. The van der Waals surface area contributed by atoms with Gasteiger partial charge in [-0.25, -0.2) is 0 Å². The Morgan fingerprint density at radius 3 is 1.70 bits per heavy atom. The van der Waals surface area contributed by atoms with Crippen LogP contribution in [0.5, 0.6) is 0 Å². The molecule has 0 spiro atoms. The lowest BCUT2D eigenvalue weighted by Gasteiger charge is -2.71. The Morgan fingerprint density at radius 1 is 0.524 bits per heavy atom. The highest BCUT2D eigenvalue weighted by Gasteiger charge is 2.72. The number of aliphatic hydroxyl groups excluding tert-OH is 16. The second kappa shape index (κ2) is 25.8. The number of allylic oxidation sites excluding steroid dienone is 2. The van der Waals surface area contributed by atoms with E-state index in [-0.39, 0.29) is 34.5 Å². The lowest BCUT2D eigenvalue weighted by atomic mass is 9.35. The number of ether oxygens (including phenoxy) is 10. The standard InChI is InChI=1S/C58H98O26/c1-24(2)10-9-14-58(8,84-51-46(74)42(70)39(67)31(80-51)23-76-52-47(40(68)30(21-61)78-52)82-49-44(72)36(64)27(63)22-75-49)25-11-16-57(7)35(25)26(62)18-33-55(5)15-13-34(54(3,4)32(55)12-17-56(33,57)6)81-53-48(43(71)38(66)29(20-60)79-53)83-50-45(73)41(69)37(65)28(19-59)77-50/h10,25-53,59-74H,9,11-23H2,1-8H3/t25-,26+,27+,28+,29+,30+,31+,32+,33+,34+,35-,36-,37+,38+,39+,40+,41-,42-,43-,44+,45+,46+,47-,48+,49+,50-,51-,52-,53-,55+,56+,57+,58-/m0/s1. The maximum absolute atomic E-state index is 12.9. The summed E-state index contributed by atoms with van der Waals surface area (Å²) < 4.78 is 60.9. The molecule has 5 aliphatic heterocycles. The summed E-state index contributed by atoms with van der Waals surface area (Å²) in [6, 6.07) is 0. The topological polar surface area (TPSA) is 416 Å². The van der Waals surface area contributed by atoms with Crippen LogP contribution in [0.4, 0.5) is 0 Å². The molecule has 9 rings (SSSR count). The zero-order valence-corrected chi connectivity index (χ0v) is 49.5. The Balaban J connectivity index is 0.918. The van der Waals surface area contributed by atoms with E-state index in [1.165, 1.54) is 0 Å². The van der Waals surface area contributed by atoms with Crippen molar-refractivity contribution in [2.45, 2.75) is 272 Å². The monoisotopic (exact) mass is 1210 g/mol. The Bertz CT molecular complexity index is 2210. The third kappa shape index (κ3) is 11.9. The fourth-order valence-corrected chi connectivity index (χ4v) is 17.2. The first-order valence-corrected chi connectivity index (χ1v) is 30.2. The van der Waals surface area contributed by atoms with E-state index in [0.717, 1.165) is 24.8 Å². The Labute approximate surface area is 490 Å². The number of aliphatic hydroxyl groups is 16. The zero-order valence-electron chi connectivity index (χ0n) is 49.5. The second-order valence-electron chi connectivity index (χ2n) is 27.6. The van der Waals surface area contributed by atoms with E-state index in [1.54, 1.807) is 0 Å². The molecule has 0 bridgehead atoms. The van der Waals surface area contributed by atoms with Crippen LogP contribution in [0.15, 0.2) is 11.6 Å². The van der Waals surface area contributed by atoms with Crippen molar-refractivity contribution in [1.82, 2.24) is 0 Å². The molecule has 26 nitrogen and oxygen atoms in total. The van der Waals surface area contributed by atoms with Gasteiger partial charge in [0, 0.05) is 0 Å². The molecule has 4 aliphatic carbocycles. The van der Waals surface area contributed by atoms with Gasteiger partial charge in [-0.1, -0.05) is 46.3 Å². The molecule has 33 atom stereocenters. The minimum Gasteiger partial charge on any atom is -0.394 e. The highest BCUT2D eigenvalue weighted by atomic mass is 16.8. The maximum atomic E-state index is 12.9. The number of hydrogen-bond acceptors (Lipinski definition) is 26. The van der Waals surface area contributed by atoms with Gasteiger partial charge in [-0.3, -0.25) is 0 Å². The average molecular weight is 1210 g/mol. The molecule has 0 amide bonds. The van der Waals surface area contributed by atoms with Crippen molar-refractivity contribution in [3.8, 4) is 0 Å². The van der Waals surface area contributed by atoms with Crippen molar-refractivity contribution < 1.29 is 129 Å². The molecule has 0 aromatic heterocycles. The summed E-state index contributed by atoms with van der Waals surface area (Å²) >= 11 is 0. The van der Waals surface area contributed by atoms with Crippen LogP contribution in [0.1, 0.15) is 113 Å². The normalized spacial score (nSPS) is 52.9. The molecule has 0 aromatic rings. The van der Waals surface area contributed by atoms with Crippen molar-refractivity contribution >= 4 is 0 Å². The van der Waals surface area contributed by atoms with Crippen LogP contribution < -0.4 is 0 Å². The van der Waals surface area contributed by atoms with Crippen LogP contribution in [0.3, 0.4) is 0 Å². The molecule has 5 heterocycles. The summed E-state index contributed by atoms with van der Waals surface area (Å²) in [4.78, 5) is 0. The lowest BCUT2D eigenvalue weighted by Crippen LogP contribution is -2.68. The lowest BCUT2D eigenvalue weighted by molar-refractivity contribution is -0.378. The number of hydrogen-bond donors (Lipinski definition) is 16. The number of fused-ring (bicyclic) bond motifs is 5. The molecule has 486 valence electrons. The van der Waals surface area contributed by atoms with E-state index in [9.17, 15) is 81.7 Å². The van der Waals surface area contributed by atoms with Gasteiger partial charge in [0.25, 0.3) is 0 Å². The zero-order chi connectivity index (χ0) is 61.5. The molecule has 26 heteroatoms. The van der Waals surface area contributed by atoms with Gasteiger partial charge in [-0.2, -0.15) is 0 Å².